The van der Waals surface area contributed by atoms with Gasteiger partial charge in [0.05, 0.1) is 17.1 Å². The highest BCUT2D eigenvalue weighted by molar-refractivity contribution is 6.36. The maximum absolute atomic E-state index is 12.5. The van der Waals surface area contributed by atoms with Crippen molar-refractivity contribution in [3.8, 4) is 0 Å². The van der Waals surface area contributed by atoms with Crippen LogP contribution in [0.5, 0.6) is 0 Å². The summed E-state index contributed by atoms with van der Waals surface area (Å²) >= 11 is 18.2. The van der Waals surface area contributed by atoms with Gasteiger partial charge in [-0.3, -0.25) is 14.5 Å². The zero-order chi connectivity index (χ0) is 21.0. The molecule has 2 aromatic rings. The molecule has 8 heteroatoms. The molecule has 1 aliphatic heterocycles. The highest BCUT2D eigenvalue weighted by Crippen LogP contribution is 2.27. The molecule has 0 aromatic heterocycles. The first-order valence-electron chi connectivity index (χ1n) is 9.36. The number of halogens is 3. The SMILES string of the molecule is CC(c1ccccc1Cl)N1CCN(C(=O)CNC(=O)c2ccc(Cl)cc2Cl)CC1. The first kappa shape index (κ1) is 21.9. The average molecular weight is 455 g/mol. The highest BCUT2D eigenvalue weighted by Gasteiger charge is 2.25. The van der Waals surface area contributed by atoms with Crippen LogP contribution in [0.2, 0.25) is 15.1 Å². The number of nitrogens with zero attached hydrogens (tertiary/aromatic N) is 2. The first-order valence-corrected chi connectivity index (χ1v) is 10.5. The molecular weight excluding hydrogens is 433 g/mol. The molecule has 2 amide bonds. The smallest absolute Gasteiger partial charge is 0.253 e. The summed E-state index contributed by atoms with van der Waals surface area (Å²) in [7, 11) is 0. The van der Waals surface area contributed by atoms with Crippen LogP contribution >= 0.6 is 34.8 Å². The van der Waals surface area contributed by atoms with Gasteiger partial charge in [-0.25, -0.2) is 0 Å². The van der Waals surface area contributed by atoms with E-state index in [1.165, 1.54) is 6.07 Å². The number of hydrogen-bond acceptors (Lipinski definition) is 3. The molecule has 1 fully saturated rings. The summed E-state index contributed by atoms with van der Waals surface area (Å²) in [5.41, 5.74) is 1.38. The molecular formula is C21H22Cl3N3O2. The average Bonchev–Trinajstić information content (AvgIpc) is 2.72. The molecule has 3 rings (SSSR count). The Morgan fingerprint density at radius 2 is 1.69 bits per heavy atom. The highest BCUT2D eigenvalue weighted by atomic mass is 35.5. The lowest BCUT2D eigenvalue weighted by Gasteiger charge is -2.38. The molecule has 0 radical (unpaired) electrons. The standard InChI is InChI=1S/C21H22Cl3N3O2/c1-14(16-4-2-3-5-18(16)23)26-8-10-27(11-9-26)20(28)13-25-21(29)17-7-6-15(22)12-19(17)24/h2-7,12,14H,8-11,13H2,1H3,(H,25,29). The lowest BCUT2D eigenvalue weighted by atomic mass is 10.1. The fraction of sp³-hybridized carbons (Fsp3) is 0.333. The minimum atomic E-state index is -0.397. The van der Waals surface area contributed by atoms with Crippen LogP contribution in [-0.4, -0.2) is 54.3 Å². The molecule has 0 bridgehead atoms. The fourth-order valence-electron chi connectivity index (χ4n) is 3.41. The van der Waals surface area contributed by atoms with Gasteiger partial charge in [0.25, 0.3) is 5.91 Å². The number of rotatable bonds is 5. The fourth-order valence-corrected chi connectivity index (χ4v) is 4.19. The number of carbonyl (C=O) groups excluding carboxylic acids is 2. The van der Waals surface area contributed by atoms with Gasteiger partial charge < -0.3 is 10.2 Å². The summed E-state index contributed by atoms with van der Waals surface area (Å²) < 4.78 is 0. The minimum absolute atomic E-state index is 0.0716. The monoisotopic (exact) mass is 453 g/mol. The van der Waals surface area contributed by atoms with Gasteiger partial charge in [-0.15, -0.1) is 0 Å². The van der Waals surface area contributed by atoms with E-state index in [0.717, 1.165) is 23.7 Å². The van der Waals surface area contributed by atoms with Gasteiger partial charge in [-0.1, -0.05) is 53.0 Å². The van der Waals surface area contributed by atoms with Crippen LogP contribution in [0.1, 0.15) is 28.9 Å². The van der Waals surface area contributed by atoms with Crippen molar-refractivity contribution in [2.75, 3.05) is 32.7 Å². The second-order valence-electron chi connectivity index (χ2n) is 6.92. The summed E-state index contributed by atoms with van der Waals surface area (Å²) in [6.07, 6.45) is 0. The third kappa shape index (κ3) is 5.43. The van der Waals surface area contributed by atoms with Gasteiger partial charge >= 0.3 is 0 Å². The van der Waals surface area contributed by atoms with Crippen molar-refractivity contribution in [1.29, 1.82) is 0 Å². The van der Waals surface area contributed by atoms with Gasteiger partial charge in [-0.05, 0) is 36.8 Å². The van der Waals surface area contributed by atoms with Gasteiger partial charge in [0.2, 0.25) is 5.91 Å². The topological polar surface area (TPSA) is 52.6 Å². The van der Waals surface area contributed by atoms with E-state index in [-0.39, 0.29) is 23.5 Å². The third-order valence-electron chi connectivity index (χ3n) is 5.15. The lowest BCUT2D eigenvalue weighted by Crippen LogP contribution is -2.51. The summed E-state index contributed by atoms with van der Waals surface area (Å²) in [5, 5.41) is 4.09. The summed E-state index contributed by atoms with van der Waals surface area (Å²) in [4.78, 5) is 28.8. The van der Waals surface area contributed by atoms with E-state index in [2.05, 4.69) is 17.1 Å². The molecule has 29 heavy (non-hydrogen) atoms. The van der Waals surface area contributed by atoms with Crippen molar-refractivity contribution >= 4 is 46.6 Å². The van der Waals surface area contributed by atoms with Gasteiger partial charge in [0, 0.05) is 42.3 Å². The minimum Gasteiger partial charge on any atom is -0.343 e. The third-order valence-corrected chi connectivity index (χ3v) is 6.04. The summed E-state index contributed by atoms with van der Waals surface area (Å²) in [6.45, 7) is 4.74. The van der Waals surface area contributed by atoms with E-state index in [9.17, 15) is 9.59 Å². The van der Waals surface area contributed by atoms with Crippen molar-refractivity contribution in [1.82, 2.24) is 15.1 Å². The zero-order valence-corrected chi connectivity index (χ0v) is 18.3. The maximum atomic E-state index is 12.5. The van der Waals surface area contributed by atoms with Crippen molar-refractivity contribution < 1.29 is 9.59 Å². The second kappa shape index (κ2) is 9.81. The second-order valence-corrected chi connectivity index (χ2v) is 8.17. The van der Waals surface area contributed by atoms with Crippen LogP contribution in [0, 0.1) is 0 Å². The van der Waals surface area contributed by atoms with Crippen LogP contribution in [0.15, 0.2) is 42.5 Å². The number of amides is 2. The van der Waals surface area contributed by atoms with E-state index in [4.69, 9.17) is 34.8 Å². The van der Waals surface area contributed by atoms with E-state index >= 15 is 0 Å². The van der Waals surface area contributed by atoms with Crippen LogP contribution in [0.3, 0.4) is 0 Å². The molecule has 154 valence electrons. The molecule has 1 atom stereocenters. The largest absolute Gasteiger partial charge is 0.343 e. The predicted molar refractivity (Wildman–Crippen MR) is 117 cm³/mol. The Morgan fingerprint density at radius 1 is 1.00 bits per heavy atom. The Kier molecular flexibility index (Phi) is 7.41. The number of benzene rings is 2. The van der Waals surface area contributed by atoms with Crippen LogP contribution in [0.25, 0.3) is 0 Å². The molecule has 2 aromatic carbocycles. The quantitative estimate of drug-likeness (QED) is 0.733. The van der Waals surface area contributed by atoms with Crippen molar-refractivity contribution in [3.05, 3.63) is 68.7 Å². The van der Waals surface area contributed by atoms with E-state index < -0.39 is 5.91 Å². The van der Waals surface area contributed by atoms with Crippen molar-refractivity contribution in [3.63, 3.8) is 0 Å². The Hall–Kier alpha value is -1.79. The van der Waals surface area contributed by atoms with Gasteiger partial charge in [-0.2, -0.15) is 0 Å². The Balaban J connectivity index is 1.50. The predicted octanol–water partition coefficient (Wildman–Crippen LogP) is 4.28. The van der Waals surface area contributed by atoms with Gasteiger partial charge in [0.1, 0.15) is 0 Å². The van der Waals surface area contributed by atoms with Crippen molar-refractivity contribution in [2.45, 2.75) is 13.0 Å². The zero-order valence-electron chi connectivity index (χ0n) is 16.0. The Bertz CT molecular complexity index is 898. The summed E-state index contributed by atoms with van der Waals surface area (Å²) in [5.74, 6) is -0.514. The molecule has 1 unspecified atom stereocenters. The van der Waals surface area contributed by atoms with E-state index in [1.54, 1.807) is 17.0 Å². The lowest BCUT2D eigenvalue weighted by molar-refractivity contribution is -0.132. The number of carbonyl (C=O) groups is 2. The van der Waals surface area contributed by atoms with Crippen LogP contribution < -0.4 is 5.32 Å². The normalized spacial score (nSPS) is 15.8. The number of nitrogens with one attached hydrogen (secondary N) is 1. The van der Waals surface area contributed by atoms with Crippen LogP contribution in [-0.2, 0) is 4.79 Å². The molecule has 1 N–H and O–H groups in total. The first-order chi connectivity index (χ1) is 13.9. The van der Waals surface area contributed by atoms with Crippen molar-refractivity contribution in [2.24, 2.45) is 0 Å². The molecule has 5 nitrogen and oxygen atoms in total. The molecule has 0 aliphatic carbocycles. The maximum Gasteiger partial charge on any atom is 0.253 e. The number of piperazine rings is 1. The molecule has 1 aliphatic rings. The van der Waals surface area contributed by atoms with Gasteiger partial charge in [0.15, 0.2) is 0 Å². The van der Waals surface area contributed by atoms with Crippen LogP contribution in [0.4, 0.5) is 0 Å². The molecule has 0 spiro atoms. The summed E-state index contributed by atoms with van der Waals surface area (Å²) in [6, 6.07) is 12.6. The van der Waals surface area contributed by atoms with E-state index in [0.29, 0.717) is 23.7 Å². The molecule has 1 saturated heterocycles. The Labute approximate surface area is 185 Å². The van der Waals surface area contributed by atoms with E-state index in [1.807, 2.05) is 24.3 Å². The Morgan fingerprint density at radius 3 is 2.34 bits per heavy atom. The number of hydrogen-bond donors (Lipinski definition) is 1. The molecule has 1 heterocycles. The molecule has 0 saturated carbocycles.